The highest BCUT2D eigenvalue weighted by Crippen LogP contribution is 2.33. The molecular weight excluding hydrogens is 300 g/mol. The van der Waals surface area contributed by atoms with Gasteiger partial charge < -0.3 is 10.1 Å². The molecule has 0 bridgehead atoms. The summed E-state index contributed by atoms with van der Waals surface area (Å²) in [5.41, 5.74) is 0.875. The van der Waals surface area contributed by atoms with Crippen LogP contribution in [0.1, 0.15) is 6.92 Å². The summed E-state index contributed by atoms with van der Waals surface area (Å²) in [6, 6.07) is 4.69. The lowest BCUT2D eigenvalue weighted by molar-refractivity contribution is -0.385. The Morgan fingerprint density at radius 3 is 2.94 bits per heavy atom. The smallest absolute Gasteiger partial charge is 0.287 e. The molecule has 0 radical (unpaired) electrons. The van der Waals surface area contributed by atoms with Crippen molar-refractivity contribution in [2.45, 2.75) is 6.92 Å². The van der Waals surface area contributed by atoms with E-state index in [-0.39, 0.29) is 5.69 Å². The Morgan fingerprint density at radius 2 is 2.33 bits per heavy atom. The number of hydrogen-bond acceptors (Lipinski definition) is 4. The molecule has 0 atom stereocenters. The molecule has 1 N–H and O–H groups in total. The van der Waals surface area contributed by atoms with Crippen LogP contribution in [0.2, 0.25) is 0 Å². The van der Waals surface area contributed by atoms with Crippen LogP contribution in [0.4, 0.5) is 5.69 Å². The van der Waals surface area contributed by atoms with E-state index in [0.29, 0.717) is 23.4 Å². The van der Waals surface area contributed by atoms with Crippen molar-refractivity contribution in [1.82, 2.24) is 5.32 Å². The van der Waals surface area contributed by atoms with Gasteiger partial charge in [0.1, 0.15) is 16.8 Å². The summed E-state index contributed by atoms with van der Waals surface area (Å²) in [7, 11) is 0. The molecule has 0 saturated heterocycles. The van der Waals surface area contributed by atoms with E-state index in [0.717, 1.165) is 12.1 Å². The van der Waals surface area contributed by atoms with Crippen LogP contribution in [0, 0.1) is 10.1 Å². The molecule has 6 heteroatoms. The van der Waals surface area contributed by atoms with Crippen LogP contribution >= 0.6 is 15.9 Å². The molecule has 0 unspecified atom stereocenters. The van der Waals surface area contributed by atoms with Crippen LogP contribution in [-0.4, -0.2) is 24.6 Å². The molecule has 0 fully saturated rings. The lowest BCUT2D eigenvalue weighted by Crippen LogP contribution is -2.18. The van der Waals surface area contributed by atoms with Crippen LogP contribution in [0.25, 0.3) is 0 Å². The second-order valence-electron chi connectivity index (χ2n) is 3.67. The van der Waals surface area contributed by atoms with Gasteiger partial charge in [-0.2, -0.15) is 0 Å². The number of hydrogen-bond donors (Lipinski definition) is 1. The van der Waals surface area contributed by atoms with E-state index < -0.39 is 4.92 Å². The molecule has 0 heterocycles. The van der Waals surface area contributed by atoms with E-state index in [4.69, 9.17) is 4.74 Å². The highest BCUT2D eigenvalue weighted by atomic mass is 79.9. The fourth-order valence-corrected chi connectivity index (χ4v) is 1.81. The predicted octanol–water partition coefficient (Wildman–Crippen LogP) is 2.90. The number of likely N-dealkylation sites (N-methyl/N-ethyl adjacent to an activating group) is 1. The molecule has 0 amide bonds. The van der Waals surface area contributed by atoms with Crippen molar-refractivity contribution in [3.63, 3.8) is 0 Å². The van der Waals surface area contributed by atoms with Crippen LogP contribution in [-0.2, 0) is 0 Å². The fraction of sp³-hybridized carbons (Fsp3) is 0.333. The van der Waals surface area contributed by atoms with E-state index in [1.165, 1.54) is 6.07 Å². The number of halogens is 1. The molecule has 1 rings (SSSR count). The predicted molar refractivity (Wildman–Crippen MR) is 74.0 cm³/mol. The zero-order chi connectivity index (χ0) is 13.5. The van der Waals surface area contributed by atoms with Crippen molar-refractivity contribution < 1.29 is 9.66 Å². The van der Waals surface area contributed by atoms with E-state index in [1.54, 1.807) is 12.1 Å². The van der Waals surface area contributed by atoms with Crippen LogP contribution < -0.4 is 10.1 Å². The van der Waals surface area contributed by atoms with Gasteiger partial charge in [0.2, 0.25) is 0 Å². The van der Waals surface area contributed by atoms with Crippen molar-refractivity contribution in [2.75, 3.05) is 19.7 Å². The van der Waals surface area contributed by atoms with Crippen molar-refractivity contribution in [3.05, 3.63) is 44.9 Å². The average Bonchev–Trinajstić information content (AvgIpc) is 2.34. The Morgan fingerprint density at radius 1 is 1.61 bits per heavy atom. The topological polar surface area (TPSA) is 64.4 Å². The summed E-state index contributed by atoms with van der Waals surface area (Å²) in [4.78, 5) is 10.3. The maximum Gasteiger partial charge on any atom is 0.287 e. The first-order valence-electron chi connectivity index (χ1n) is 5.49. The zero-order valence-electron chi connectivity index (χ0n) is 10.1. The molecule has 0 aliphatic carbocycles. The minimum Gasteiger partial charge on any atom is -0.488 e. The number of nitrogens with one attached hydrogen (secondary N) is 1. The number of nitro benzene ring substituents is 1. The molecule has 0 spiro atoms. The van der Waals surface area contributed by atoms with Gasteiger partial charge in [-0.25, -0.2) is 0 Å². The summed E-state index contributed by atoms with van der Waals surface area (Å²) < 4.78 is 5.85. The largest absolute Gasteiger partial charge is 0.488 e. The lowest BCUT2D eigenvalue weighted by Gasteiger charge is -2.10. The molecular formula is C12H15BrN2O3. The minimum atomic E-state index is -0.454. The lowest BCUT2D eigenvalue weighted by atomic mass is 10.3. The van der Waals surface area contributed by atoms with Gasteiger partial charge in [-0.3, -0.25) is 10.1 Å². The van der Waals surface area contributed by atoms with Gasteiger partial charge in [-0.05, 0) is 34.1 Å². The summed E-state index contributed by atoms with van der Waals surface area (Å²) in [5.74, 6) is 0.446. The second kappa shape index (κ2) is 7.13. The number of benzene rings is 1. The van der Waals surface area contributed by atoms with Gasteiger partial charge in [0.15, 0.2) is 0 Å². The number of nitro groups is 1. The van der Waals surface area contributed by atoms with Crippen molar-refractivity contribution >= 4 is 21.6 Å². The van der Waals surface area contributed by atoms with Gasteiger partial charge in [0.25, 0.3) is 5.69 Å². The Hall–Kier alpha value is -1.40. The average molecular weight is 315 g/mol. The molecule has 0 aromatic heterocycles. The number of nitrogens with zero attached hydrogens (tertiary/aromatic N) is 1. The summed E-state index contributed by atoms with van der Waals surface area (Å²) in [5, 5.41) is 13.9. The van der Waals surface area contributed by atoms with Crippen LogP contribution in [0.5, 0.6) is 5.75 Å². The summed E-state index contributed by atoms with van der Waals surface area (Å²) in [6.45, 7) is 7.72. The molecule has 18 heavy (non-hydrogen) atoms. The van der Waals surface area contributed by atoms with E-state index in [9.17, 15) is 10.1 Å². The minimum absolute atomic E-state index is 0.00945. The molecule has 1 aromatic rings. The van der Waals surface area contributed by atoms with Crippen molar-refractivity contribution in [2.24, 2.45) is 0 Å². The zero-order valence-corrected chi connectivity index (χ0v) is 11.7. The Labute approximate surface area is 114 Å². The third kappa shape index (κ3) is 4.12. The van der Waals surface area contributed by atoms with Gasteiger partial charge >= 0.3 is 0 Å². The van der Waals surface area contributed by atoms with Crippen LogP contribution in [0.15, 0.2) is 34.8 Å². The molecule has 98 valence electrons. The third-order valence-electron chi connectivity index (χ3n) is 2.20. The quantitative estimate of drug-likeness (QED) is 0.477. The molecule has 0 aliphatic rings. The van der Waals surface area contributed by atoms with E-state index >= 15 is 0 Å². The normalized spacial score (nSPS) is 10.1. The van der Waals surface area contributed by atoms with Crippen LogP contribution in [0.3, 0.4) is 0 Å². The second-order valence-corrected chi connectivity index (χ2v) is 4.46. The third-order valence-corrected chi connectivity index (χ3v) is 2.99. The highest BCUT2D eigenvalue weighted by molar-refractivity contribution is 9.10. The van der Waals surface area contributed by atoms with Gasteiger partial charge in [0.05, 0.1) is 4.92 Å². The summed E-state index contributed by atoms with van der Waals surface area (Å²) in [6.07, 6.45) is 0. The molecule has 5 nitrogen and oxygen atoms in total. The Kier molecular flexibility index (Phi) is 5.80. The molecule has 1 aromatic carbocycles. The van der Waals surface area contributed by atoms with Crippen molar-refractivity contribution in [1.29, 1.82) is 0 Å². The first-order chi connectivity index (χ1) is 8.56. The number of ether oxygens (including phenoxy) is 1. The maximum absolute atomic E-state index is 10.7. The fourth-order valence-electron chi connectivity index (χ4n) is 1.28. The van der Waals surface area contributed by atoms with Crippen molar-refractivity contribution in [3.8, 4) is 5.75 Å². The SMILES string of the molecule is C=C(CNCC)COc1cccc([N+](=O)[O-])c1Br. The van der Waals surface area contributed by atoms with Gasteiger partial charge in [-0.15, -0.1) is 0 Å². The maximum atomic E-state index is 10.7. The monoisotopic (exact) mass is 314 g/mol. The summed E-state index contributed by atoms with van der Waals surface area (Å²) >= 11 is 3.17. The standard InChI is InChI=1S/C12H15BrN2O3/c1-3-14-7-9(2)8-18-11-6-4-5-10(12(11)13)15(16)17/h4-6,14H,2-3,7-8H2,1H3. The Bertz CT molecular complexity index is 449. The van der Waals surface area contributed by atoms with Gasteiger partial charge in [-0.1, -0.05) is 19.6 Å². The first kappa shape index (κ1) is 14.7. The van der Waals surface area contributed by atoms with E-state index in [1.807, 2.05) is 6.92 Å². The highest BCUT2D eigenvalue weighted by Gasteiger charge is 2.15. The molecule has 0 saturated carbocycles. The first-order valence-corrected chi connectivity index (χ1v) is 6.28. The molecule has 0 aliphatic heterocycles. The van der Waals surface area contributed by atoms with Gasteiger partial charge in [0, 0.05) is 12.6 Å². The number of rotatable bonds is 7. The Balaban J connectivity index is 2.65. The van der Waals surface area contributed by atoms with E-state index in [2.05, 4.69) is 27.8 Å².